The maximum absolute atomic E-state index is 13.2. The van der Waals surface area contributed by atoms with E-state index in [-0.39, 0.29) is 23.1 Å². The minimum Gasteiger partial charge on any atom is -0.398 e. The summed E-state index contributed by atoms with van der Waals surface area (Å²) in [6, 6.07) is 5.15. The van der Waals surface area contributed by atoms with E-state index in [0.717, 1.165) is 0 Å². The van der Waals surface area contributed by atoms with Gasteiger partial charge in [-0.05, 0) is 17.7 Å². The minimum atomic E-state index is -0.522. The third-order valence-electron chi connectivity index (χ3n) is 3.88. The number of hydrogen-bond donors (Lipinski definition) is 4. The molecule has 0 saturated carbocycles. The molecule has 0 atom stereocenters. The monoisotopic (exact) mass is 401 g/mol. The molecule has 0 spiro atoms. The first kappa shape index (κ1) is 19.3. The van der Waals surface area contributed by atoms with E-state index >= 15 is 0 Å². The topological polar surface area (TPSA) is 122 Å². The highest BCUT2D eigenvalue weighted by molar-refractivity contribution is 6.30. The van der Waals surface area contributed by atoms with Crippen LogP contribution in [0.2, 0.25) is 5.02 Å². The van der Waals surface area contributed by atoms with Crippen molar-refractivity contribution in [2.24, 2.45) is 7.05 Å². The first-order valence-corrected chi connectivity index (χ1v) is 8.53. The standard InChI is InChI=1S/C18H17ClFN7O/c1-27-9-11(7-25-27)17(22)12-8-23-16(5-15(12)21)26-18(28)24-6-10-2-3-14(20)13(19)4-10/h2-5,7-9,22H,6H2,1H3,(H4,21,23,24,26,28). The molecule has 0 aliphatic heterocycles. The molecule has 2 amide bonds. The van der Waals surface area contributed by atoms with Crippen molar-refractivity contribution in [2.75, 3.05) is 11.1 Å². The molecular weight excluding hydrogens is 385 g/mol. The largest absolute Gasteiger partial charge is 0.398 e. The Labute approximate surface area is 165 Å². The van der Waals surface area contributed by atoms with Gasteiger partial charge in [0.05, 0.1) is 16.9 Å². The van der Waals surface area contributed by atoms with Gasteiger partial charge in [0.15, 0.2) is 0 Å². The number of halogens is 2. The van der Waals surface area contributed by atoms with Gasteiger partial charge in [-0.3, -0.25) is 15.4 Å². The Morgan fingerprint density at radius 2 is 2.14 bits per heavy atom. The number of urea groups is 1. The molecule has 10 heteroatoms. The number of hydrogen-bond acceptors (Lipinski definition) is 5. The van der Waals surface area contributed by atoms with Crippen molar-refractivity contribution in [3.63, 3.8) is 0 Å². The van der Waals surface area contributed by atoms with Gasteiger partial charge in [-0.25, -0.2) is 14.2 Å². The van der Waals surface area contributed by atoms with Crippen LogP contribution in [-0.4, -0.2) is 26.5 Å². The van der Waals surface area contributed by atoms with E-state index in [4.69, 9.17) is 22.7 Å². The summed E-state index contributed by atoms with van der Waals surface area (Å²) in [5.41, 5.74) is 8.17. The number of nitrogens with two attached hydrogens (primary N) is 1. The molecule has 28 heavy (non-hydrogen) atoms. The van der Waals surface area contributed by atoms with Crippen LogP contribution in [0.5, 0.6) is 0 Å². The zero-order valence-corrected chi connectivity index (χ0v) is 15.6. The lowest BCUT2D eigenvalue weighted by Gasteiger charge is -2.10. The number of aromatic nitrogens is 3. The van der Waals surface area contributed by atoms with Gasteiger partial charge in [0.25, 0.3) is 0 Å². The number of nitrogens with zero attached hydrogens (tertiary/aromatic N) is 3. The van der Waals surface area contributed by atoms with Crippen molar-refractivity contribution in [2.45, 2.75) is 6.54 Å². The predicted molar refractivity (Wildman–Crippen MR) is 105 cm³/mol. The molecule has 2 aromatic heterocycles. The van der Waals surface area contributed by atoms with E-state index in [2.05, 4.69) is 20.7 Å². The molecule has 0 bridgehead atoms. The summed E-state index contributed by atoms with van der Waals surface area (Å²) in [5, 5.41) is 17.4. The van der Waals surface area contributed by atoms with E-state index < -0.39 is 11.8 Å². The fourth-order valence-corrected chi connectivity index (χ4v) is 2.65. The highest BCUT2D eigenvalue weighted by Gasteiger charge is 2.13. The number of carbonyl (C=O) groups excluding carboxylic acids is 1. The van der Waals surface area contributed by atoms with Crippen LogP contribution in [0.3, 0.4) is 0 Å². The van der Waals surface area contributed by atoms with Crippen molar-refractivity contribution in [3.05, 3.63) is 70.4 Å². The Hall–Kier alpha value is -3.46. The summed E-state index contributed by atoms with van der Waals surface area (Å²) in [5.74, 6) is -0.290. The second kappa shape index (κ2) is 8.05. The van der Waals surface area contributed by atoms with Gasteiger partial charge in [0.2, 0.25) is 0 Å². The molecule has 8 nitrogen and oxygen atoms in total. The zero-order chi connectivity index (χ0) is 20.3. The lowest BCUT2D eigenvalue weighted by Crippen LogP contribution is -2.28. The van der Waals surface area contributed by atoms with Gasteiger partial charge in [0.1, 0.15) is 11.6 Å². The van der Waals surface area contributed by atoms with Crippen molar-refractivity contribution in [1.82, 2.24) is 20.1 Å². The number of aryl methyl sites for hydroxylation is 1. The van der Waals surface area contributed by atoms with Crippen LogP contribution in [0.4, 0.5) is 20.7 Å². The van der Waals surface area contributed by atoms with Crippen LogP contribution in [-0.2, 0) is 13.6 Å². The van der Waals surface area contributed by atoms with Gasteiger partial charge in [-0.15, -0.1) is 0 Å². The van der Waals surface area contributed by atoms with Crippen LogP contribution < -0.4 is 16.4 Å². The van der Waals surface area contributed by atoms with Gasteiger partial charge in [-0.2, -0.15) is 5.10 Å². The normalized spacial score (nSPS) is 10.5. The molecule has 0 radical (unpaired) electrons. The number of nitrogens with one attached hydrogen (secondary N) is 3. The maximum atomic E-state index is 13.2. The first-order valence-electron chi connectivity index (χ1n) is 8.15. The molecule has 0 unspecified atom stereocenters. The van der Waals surface area contributed by atoms with Gasteiger partial charge >= 0.3 is 6.03 Å². The van der Waals surface area contributed by atoms with E-state index in [0.29, 0.717) is 22.4 Å². The molecule has 1 aromatic carbocycles. The predicted octanol–water partition coefficient (Wildman–Crippen LogP) is 2.93. The maximum Gasteiger partial charge on any atom is 0.320 e. The van der Waals surface area contributed by atoms with Crippen LogP contribution >= 0.6 is 11.6 Å². The molecule has 0 saturated heterocycles. The third-order valence-corrected chi connectivity index (χ3v) is 4.17. The lowest BCUT2D eigenvalue weighted by molar-refractivity contribution is 0.251. The number of amides is 2. The summed E-state index contributed by atoms with van der Waals surface area (Å²) < 4.78 is 14.7. The highest BCUT2D eigenvalue weighted by Crippen LogP contribution is 2.19. The van der Waals surface area contributed by atoms with Crippen molar-refractivity contribution in [1.29, 1.82) is 5.41 Å². The molecule has 0 aliphatic carbocycles. The minimum absolute atomic E-state index is 0.0131. The van der Waals surface area contributed by atoms with Crippen molar-refractivity contribution in [3.8, 4) is 0 Å². The Morgan fingerprint density at radius 1 is 1.36 bits per heavy atom. The first-order chi connectivity index (χ1) is 13.3. The van der Waals surface area contributed by atoms with Crippen molar-refractivity contribution >= 4 is 34.8 Å². The van der Waals surface area contributed by atoms with Crippen LogP contribution in [0.15, 0.2) is 42.9 Å². The number of benzene rings is 1. The summed E-state index contributed by atoms with van der Waals surface area (Å²) in [6.45, 7) is 0.158. The van der Waals surface area contributed by atoms with E-state index in [1.165, 1.54) is 30.5 Å². The molecular formula is C18H17ClFN7O. The molecule has 2 heterocycles. The molecule has 144 valence electrons. The summed E-state index contributed by atoms with van der Waals surface area (Å²) in [6.07, 6.45) is 4.67. The molecule has 5 N–H and O–H groups in total. The van der Waals surface area contributed by atoms with Gasteiger partial charge in [-0.1, -0.05) is 17.7 Å². The SMILES string of the molecule is Cn1cc(C(=N)c2cnc(NC(=O)NCc3ccc(F)c(Cl)c3)cc2N)cn1. The second-order valence-corrected chi connectivity index (χ2v) is 6.40. The lowest BCUT2D eigenvalue weighted by atomic mass is 10.1. The number of rotatable bonds is 5. The molecule has 0 fully saturated rings. The smallest absolute Gasteiger partial charge is 0.320 e. The van der Waals surface area contributed by atoms with Crippen LogP contribution in [0, 0.1) is 11.2 Å². The van der Waals surface area contributed by atoms with Gasteiger partial charge in [0, 0.05) is 48.9 Å². The summed E-state index contributed by atoms with van der Waals surface area (Å²) in [4.78, 5) is 16.2. The average molecular weight is 402 g/mol. The number of carbonyl (C=O) groups is 1. The fraction of sp³-hybridized carbons (Fsp3) is 0.111. The molecule has 0 aliphatic rings. The third kappa shape index (κ3) is 4.44. The van der Waals surface area contributed by atoms with Crippen LogP contribution in [0.1, 0.15) is 16.7 Å². The Bertz CT molecular complexity index is 1050. The van der Waals surface area contributed by atoms with Crippen LogP contribution in [0.25, 0.3) is 0 Å². The second-order valence-electron chi connectivity index (χ2n) is 5.99. The number of anilines is 2. The summed E-state index contributed by atoms with van der Waals surface area (Å²) in [7, 11) is 1.75. The Kier molecular flexibility index (Phi) is 5.55. The average Bonchev–Trinajstić information content (AvgIpc) is 3.09. The quantitative estimate of drug-likeness (QED) is 0.491. The summed E-state index contributed by atoms with van der Waals surface area (Å²) >= 11 is 5.71. The molecule has 3 aromatic rings. The fourth-order valence-electron chi connectivity index (χ4n) is 2.45. The van der Waals surface area contributed by atoms with Crippen molar-refractivity contribution < 1.29 is 9.18 Å². The Morgan fingerprint density at radius 3 is 2.79 bits per heavy atom. The zero-order valence-electron chi connectivity index (χ0n) is 14.8. The van der Waals surface area contributed by atoms with Gasteiger partial charge < -0.3 is 11.1 Å². The van der Waals surface area contributed by atoms with E-state index in [9.17, 15) is 9.18 Å². The number of nitrogen functional groups attached to an aromatic ring is 1. The van der Waals surface area contributed by atoms with E-state index in [1.54, 1.807) is 24.1 Å². The van der Waals surface area contributed by atoms with E-state index in [1.807, 2.05) is 0 Å². The Balaban J connectivity index is 1.62. The molecule has 3 rings (SSSR count). The highest BCUT2D eigenvalue weighted by atomic mass is 35.5. The number of pyridine rings is 1.